The maximum absolute atomic E-state index is 9.77. The van der Waals surface area contributed by atoms with Crippen LogP contribution < -0.4 is 10.6 Å². The van der Waals surface area contributed by atoms with Crippen molar-refractivity contribution in [1.82, 2.24) is 4.98 Å². The van der Waals surface area contributed by atoms with E-state index in [0.29, 0.717) is 18.8 Å². The van der Waals surface area contributed by atoms with E-state index < -0.39 is 6.10 Å². The topological polar surface area (TPSA) is 71.6 Å². The molecule has 0 radical (unpaired) electrons. The summed E-state index contributed by atoms with van der Waals surface area (Å²) in [7, 11) is 3.46. The lowest BCUT2D eigenvalue weighted by Gasteiger charge is -2.24. The third kappa shape index (κ3) is 2.94. The zero-order chi connectivity index (χ0) is 13.8. The lowest BCUT2D eigenvalue weighted by Crippen LogP contribution is -2.32. The number of nitrogens with zero attached hydrogens (tertiary/aromatic N) is 2. The molecule has 0 aliphatic carbocycles. The molecule has 3 N–H and O–H groups in total. The summed E-state index contributed by atoms with van der Waals surface area (Å²) in [6.45, 7) is 0.767. The highest BCUT2D eigenvalue weighted by Crippen LogP contribution is 2.29. The molecule has 0 spiro atoms. The Bertz CT molecular complexity index is 559. The van der Waals surface area contributed by atoms with Gasteiger partial charge in [-0.25, -0.2) is 0 Å². The summed E-state index contributed by atoms with van der Waals surface area (Å²) in [5, 5.41) is 10.7. The van der Waals surface area contributed by atoms with Crippen molar-refractivity contribution in [3.8, 4) is 0 Å². The fraction of sp³-hybridized carbons (Fsp3) is 0.357. The number of anilines is 2. The first kappa shape index (κ1) is 13.6. The lowest BCUT2D eigenvalue weighted by molar-refractivity contribution is 0.0695. The number of nitrogen functional groups attached to an aromatic ring is 1. The summed E-state index contributed by atoms with van der Waals surface area (Å²) in [6.07, 6.45) is 1.20. The molecular weight excluding hydrogens is 242 g/mol. The molecule has 2 rings (SSSR count). The first-order valence-electron chi connectivity index (χ1n) is 6.15. The zero-order valence-corrected chi connectivity index (χ0v) is 11.2. The average molecular weight is 261 g/mol. The molecule has 0 amide bonds. The van der Waals surface area contributed by atoms with Crippen LogP contribution in [-0.4, -0.2) is 43.5 Å². The molecular formula is C14H19N3O2. The van der Waals surface area contributed by atoms with E-state index >= 15 is 0 Å². The molecule has 0 bridgehead atoms. The number of methoxy groups -OCH3 is 1. The number of fused-ring (bicyclic) bond motifs is 1. The van der Waals surface area contributed by atoms with Gasteiger partial charge >= 0.3 is 0 Å². The van der Waals surface area contributed by atoms with Crippen LogP contribution in [0.25, 0.3) is 10.9 Å². The number of hydrogen-bond acceptors (Lipinski definition) is 5. The number of aliphatic hydroxyl groups excluding tert-OH is 1. The van der Waals surface area contributed by atoms with Gasteiger partial charge in [0, 0.05) is 32.3 Å². The Hall–Kier alpha value is -1.85. The van der Waals surface area contributed by atoms with Crippen LogP contribution in [0.4, 0.5) is 11.4 Å². The van der Waals surface area contributed by atoms with Gasteiger partial charge in [-0.3, -0.25) is 4.98 Å². The maximum Gasteiger partial charge on any atom is 0.0947 e. The highest BCUT2D eigenvalue weighted by atomic mass is 16.5. The van der Waals surface area contributed by atoms with Crippen molar-refractivity contribution in [2.24, 2.45) is 0 Å². The van der Waals surface area contributed by atoms with Gasteiger partial charge in [0.25, 0.3) is 0 Å². The van der Waals surface area contributed by atoms with Gasteiger partial charge in [-0.2, -0.15) is 0 Å². The van der Waals surface area contributed by atoms with E-state index in [1.165, 1.54) is 0 Å². The average Bonchev–Trinajstić information content (AvgIpc) is 2.39. The largest absolute Gasteiger partial charge is 0.396 e. The van der Waals surface area contributed by atoms with Crippen molar-refractivity contribution < 1.29 is 9.84 Å². The van der Waals surface area contributed by atoms with Crippen LogP contribution in [0.1, 0.15) is 0 Å². The second-order valence-electron chi connectivity index (χ2n) is 4.56. The van der Waals surface area contributed by atoms with Crippen molar-refractivity contribution in [2.45, 2.75) is 6.10 Å². The van der Waals surface area contributed by atoms with Gasteiger partial charge in [-0.05, 0) is 24.3 Å². The molecule has 2 aromatic rings. The zero-order valence-electron chi connectivity index (χ0n) is 11.2. The number of likely N-dealkylation sites (N-methyl/N-ethyl adjacent to an activating group) is 1. The first-order valence-corrected chi connectivity index (χ1v) is 6.15. The summed E-state index contributed by atoms with van der Waals surface area (Å²) >= 11 is 0. The highest BCUT2D eigenvalue weighted by Gasteiger charge is 2.12. The first-order chi connectivity index (χ1) is 9.13. The number of hydrogen-bond donors (Lipinski definition) is 2. The summed E-state index contributed by atoms with van der Waals surface area (Å²) in [4.78, 5) is 6.19. The van der Waals surface area contributed by atoms with Crippen LogP contribution in [0.3, 0.4) is 0 Å². The van der Waals surface area contributed by atoms with Crippen molar-refractivity contribution in [3.63, 3.8) is 0 Å². The second-order valence-corrected chi connectivity index (χ2v) is 4.56. The smallest absolute Gasteiger partial charge is 0.0947 e. The Morgan fingerprint density at radius 2 is 2.21 bits per heavy atom. The Balaban J connectivity index is 2.27. The monoisotopic (exact) mass is 261 g/mol. The number of nitrogens with two attached hydrogens (primary N) is 1. The molecule has 1 heterocycles. The molecule has 5 heteroatoms. The van der Waals surface area contributed by atoms with E-state index in [1.807, 2.05) is 36.2 Å². The third-order valence-corrected chi connectivity index (χ3v) is 3.06. The standard InChI is InChI=1S/C14H19N3O2/c1-17(8-10(18)9-19-2)13-6-5-12-11(14(13)15)4-3-7-16-12/h3-7,10,18H,8-9,15H2,1-2H3. The van der Waals surface area contributed by atoms with E-state index in [0.717, 1.165) is 16.6 Å². The SMILES string of the molecule is COCC(O)CN(C)c1ccc2ncccc2c1N. The Kier molecular flexibility index (Phi) is 4.19. The highest BCUT2D eigenvalue weighted by molar-refractivity contribution is 5.97. The molecule has 1 aromatic heterocycles. The number of pyridine rings is 1. The van der Waals surface area contributed by atoms with E-state index in [4.69, 9.17) is 10.5 Å². The van der Waals surface area contributed by atoms with Crippen molar-refractivity contribution >= 4 is 22.3 Å². The van der Waals surface area contributed by atoms with E-state index in [-0.39, 0.29) is 0 Å². The minimum absolute atomic E-state index is 0.305. The van der Waals surface area contributed by atoms with Crippen LogP contribution in [-0.2, 0) is 4.74 Å². The van der Waals surface area contributed by atoms with Gasteiger partial charge < -0.3 is 20.5 Å². The number of rotatable bonds is 5. The van der Waals surface area contributed by atoms with Crippen LogP contribution >= 0.6 is 0 Å². The molecule has 1 atom stereocenters. The van der Waals surface area contributed by atoms with Gasteiger partial charge in [0.05, 0.1) is 29.6 Å². The molecule has 5 nitrogen and oxygen atoms in total. The van der Waals surface area contributed by atoms with Gasteiger partial charge in [-0.15, -0.1) is 0 Å². The summed E-state index contributed by atoms with van der Waals surface area (Å²) in [5.41, 5.74) is 8.61. The fourth-order valence-corrected chi connectivity index (χ4v) is 2.16. The van der Waals surface area contributed by atoms with Crippen molar-refractivity contribution in [1.29, 1.82) is 0 Å². The summed E-state index contributed by atoms with van der Waals surface area (Å²) in [5.74, 6) is 0. The van der Waals surface area contributed by atoms with Crippen molar-refractivity contribution in [2.75, 3.05) is 37.9 Å². The van der Waals surface area contributed by atoms with Crippen LogP contribution in [0.15, 0.2) is 30.5 Å². The predicted molar refractivity (Wildman–Crippen MR) is 77.3 cm³/mol. The molecule has 102 valence electrons. The molecule has 0 aliphatic rings. The number of aromatic nitrogens is 1. The number of benzene rings is 1. The van der Waals surface area contributed by atoms with E-state index in [1.54, 1.807) is 13.3 Å². The van der Waals surface area contributed by atoms with Crippen LogP contribution in [0, 0.1) is 0 Å². The molecule has 1 aromatic carbocycles. The molecule has 0 saturated carbocycles. The Labute approximate surface area is 112 Å². The maximum atomic E-state index is 9.77. The third-order valence-electron chi connectivity index (χ3n) is 3.06. The van der Waals surface area contributed by atoms with Gasteiger partial charge in [0.2, 0.25) is 0 Å². The quantitative estimate of drug-likeness (QED) is 0.793. The van der Waals surface area contributed by atoms with Crippen LogP contribution in [0.5, 0.6) is 0 Å². The summed E-state index contributed by atoms with van der Waals surface area (Å²) in [6, 6.07) is 7.66. The molecule has 0 fully saturated rings. The number of ether oxygens (including phenoxy) is 1. The summed E-state index contributed by atoms with van der Waals surface area (Å²) < 4.78 is 4.92. The van der Waals surface area contributed by atoms with E-state index in [2.05, 4.69) is 4.98 Å². The van der Waals surface area contributed by atoms with Crippen LogP contribution in [0.2, 0.25) is 0 Å². The molecule has 1 unspecified atom stereocenters. The number of aliphatic hydroxyl groups is 1. The second kappa shape index (κ2) is 5.86. The normalized spacial score (nSPS) is 12.6. The van der Waals surface area contributed by atoms with Gasteiger partial charge in [0.15, 0.2) is 0 Å². The lowest BCUT2D eigenvalue weighted by atomic mass is 10.1. The predicted octanol–water partition coefficient (Wildman–Crippen LogP) is 1.26. The van der Waals surface area contributed by atoms with Gasteiger partial charge in [0.1, 0.15) is 0 Å². The Morgan fingerprint density at radius 1 is 1.42 bits per heavy atom. The molecule has 0 aliphatic heterocycles. The van der Waals surface area contributed by atoms with Crippen molar-refractivity contribution in [3.05, 3.63) is 30.5 Å². The minimum Gasteiger partial charge on any atom is -0.396 e. The Morgan fingerprint density at radius 3 is 2.95 bits per heavy atom. The fourth-order valence-electron chi connectivity index (χ4n) is 2.16. The molecule has 19 heavy (non-hydrogen) atoms. The minimum atomic E-state index is -0.543. The van der Waals surface area contributed by atoms with E-state index in [9.17, 15) is 5.11 Å². The van der Waals surface area contributed by atoms with Gasteiger partial charge in [-0.1, -0.05) is 0 Å². The molecule has 0 saturated heterocycles.